The summed E-state index contributed by atoms with van der Waals surface area (Å²) in [7, 11) is 0. The Balaban J connectivity index is 1.70. The van der Waals surface area contributed by atoms with Crippen LogP contribution in [0.4, 0.5) is 0 Å². The molecule has 2 rings (SSSR count). The summed E-state index contributed by atoms with van der Waals surface area (Å²) < 4.78 is 3.00. The molecular weight excluding hydrogens is 318 g/mol. The van der Waals surface area contributed by atoms with E-state index in [9.17, 15) is 4.79 Å². The molecule has 0 aliphatic carbocycles. The van der Waals surface area contributed by atoms with Crippen molar-refractivity contribution < 1.29 is 4.79 Å². The van der Waals surface area contributed by atoms with Gasteiger partial charge in [0.15, 0.2) is 0 Å². The molecule has 0 unspecified atom stereocenters. The lowest BCUT2D eigenvalue weighted by Crippen LogP contribution is -2.24. The monoisotopic (exact) mass is 335 g/mol. The smallest absolute Gasteiger partial charge is 0.251 e. The van der Waals surface area contributed by atoms with Crippen molar-refractivity contribution in [3.05, 3.63) is 52.5 Å². The van der Waals surface area contributed by atoms with Crippen molar-refractivity contribution in [2.75, 3.05) is 6.54 Å². The molecule has 4 nitrogen and oxygen atoms in total. The summed E-state index contributed by atoms with van der Waals surface area (Å²) in [5, 5.41) is 2.94. The van der Waals surface area contributed by atoms with E-state index in [1.807, 2.05) is 42.2 Å². The quantitative estimate of drug-likeness (QED) is 0.824. The maximum Gasteiger partial charge on any atom is 0.251 e. The van der Waals surface area contributed by atoms with Crippen LogP contribution in [-0.4, -0.2) is 22.0 Å². The van der Waals surface area contributed by atoms with Gasteiger partial charge in [0.05, 0.1) is 6.33 Å². The first-order valence-corrected chi connectivity index (χ1v) is 7.46. The number of halogens is 1. The Morgan fingerprint density at radius 3 is 2.95 bits per heavy atom. The number of rotatable bonds is 6. The van der Waals surface area contributed by atoms with Crippen LogP contribution >= 0.6 is 15.9 Å². The van der Waals surface area contributed by atoms with Gasteiger partial charge in [0.1, 0.15) is 0 Å². The molecule has 106 valence electrons. The average molecular weight is 336 g/mol. The van der Waals surface area contributed by atoms with Gasteiger partial charge >= 0.3 is 0 Å². The van der Waals surface area contributed by atoms with Gasteiger partial charge in [-0.1, -0.05) is 22.0 Å². The van der Waals surface area contributed by atoms with Crippen LogP contribution in [0.15, 0.2) is 41.4 Å². The van der Waals surface area contributed by atoms with Gasteiger partial charge in [0, 0.05) is 35.5 Å². The molecule has 0 bridgehead atoms. The van der Waals surface area contributed by atoms with Gasteiger partial charge in [-0.3, -0.25) is 4.79 Å². The number of nitrogens with one attached hydrogen (secondary N) is 1. The molecule has 1 N–H and O–H groups in total. The van der Waals surface area contributed by atoms with Crippen molar-refractivity contribution in [1.29, 1.82) is 0 Å². The second kappa shape index (κ2) is 7.24. The molecule has 0 spiro atoms. The van der Waals surface area contributed by atoms with Crippen molar-refractivity contribution in [3.8, 4) is 0 Å². The van der Waals surface area contributed by atoms with Gasteiger partial charge in [-0.2, -0.15) is 0 Å². The SMILES string of the molecule is Cc1ccc(C(=O)NCCCCn2ccnc2)cc1Br. The van der Waals surface area contributed by atoms with Gasteiger partial charge in [-0.15, -0.1) is 0 Å². The molecule has 1 amide bonds. The highest BCUT2D eigenvalue weighted by molar-refractivity contribution is 9.10. The fourth-order valence-corrected chi connectivity index (χ4v) is 2.26. The topological polar surface area (TPSA) is 46.9 Å². The van der Waals surface area contributed by atoms with E-state index in [-0.39, 0.29) is 5.91 Å². The third-order valence-corrected chi connectivity index (χ3v) is 3.98. The van der Waals surface area contributed by atoms with Crippen molar-refractivity contribution in [2.24, 2.45) is 0 Å². The van der Waals surface area contributed by atoms with Crippen molar-refractivity contribution >= 4 is 21.8 Å². The van der Waals surface area contributed by atoms with Crippen LogP contribution in [0.3, 0.4) is 0 Å². The average Bonchev–Trinajstić information content (AvgIpc) is 2.94. The summed E-state index contributed by atoms with van der Waals surface area (Å²) in [6.45, 7) is 3.63. The third-order valence-electron chi connectivity index (χ3n) is 3.12. The maximum atomic E-state index is 12.0. The molecular formula is C15H18BrN3O. The van der Waals surface area contributed by atoms with E-state index in [1.54, 1.807) is 6.20 Å². The molecule has 0 aliphatic rings. The van der Waals surface area contributed by atoms with Gasteiger partial charge in [-0.05, 0) is 37.5 Å². The molecule has 1 aromatic carbocycles. The summed E-state index contributed by atoms with van der Waals surface area (Å²) in [6, 6.07) is 5.65. The highest BCUT2D eigenvalue weighted by Crippen LogP contribution is 2.17. The molecule has 5 heteroatoms. The first kappa shape index (κ1) is 14.8. The molecule has 0 saturated heterocycles. The number of hydrogen-bond donors (Lipinski definition) is 1. The van der Waals surface area contributed by atoms with Gasteiger partial charge < -0.3 is 9.88 Å². The zero-order chi connectivity index (χ0) is 14.4. The lowest BCUT2D eigenvalue weighted by Gasteiger charge is -2.07. The Morgan fingerprint density at radius 2 is 2.25 bits per heavy atom. The number of carbonyl (C=O) groups excluding carboxylic acids is 1. The number of nitrogens with zero attached hydrogens (tertiary/aromatic N) is 2. The van der Waals surface area contributed by atoms with E-state index in [1.165, 1.54) is 0 Å². The largest absolute Gasteiger partial charge is 0.352 e. The molecule has 0 saturated carbocycles. The van der Waals surface area contributed by atoms with Crippen LogP contribution in [0, 0.1) is 6.92 Å². The van der Waals surface area contributed by atoms with E-state index in [0.717, 1.165) is 29.4 Å². The molecule has 0 fully saturated rings. The number of hydrogen-bond acceptors (Lipinski definition) is 2. The summed E-state index contributed by atoms with van der Waals surface area (Å²) in [6.07, 6.45) is 7.51. The summed E-state index contributed by atoms with van der Waals surface area (Å²) >= 11 is 3.44. The molecule has 0 aliphatic heterocycles. The number of aromatic nitrogens is 2. The Kier molecular flexibility index (Phi) is 5.35. The fraction of sp³-hybridized carbons (Fsp3) is 0.333. The lowest BCUT2D eigenvalue weighted by atomic mass is 10.1. The maximum absolute atomic E-state index is 12.0. The Bertz CT molecular complexity index is 567. The molecule has 0 atom stereocenters. The van der Waals surface area contributed by atoms with Gasteiger partial charge in [-0.25, -0.2) is 4.98 Å². The van der Waals surface area contributed by atoms with E-state index < -0.39 is 0 Å². The normalized spacial score (nSPS) is 10.5. The summed E-state index contributed by atoms with van der Waals surface area (Å²) in [4.78, 5) is 15.9. The zero-order valence-electron chi connectivity index (χ0n) is 11.5. The van der Waals surface area contributed by atoms with E-state index in [4.69, 9.17) is 0 Å². The lowest BCUT2D eigenvalue weighted by molar-refractivity contribution is 0.0953. The zero-order valence-corrected chi connectivity index (χ0v) is 13.1. The molecule has 1 heterocycles. The molecule has 1 aromatic heterocycles. The number of aryl methyl sites for hydroxylation is 2. The van der Waals surface area contributed by atoms with Crippen LogP contribution in [0.2, 0.25) is 0 Å². The van der Waals surface area contributed by atoms with E-state index in [2.05, 4.69) is 26.2 Å². The number of unbranched alkanes of at least 4 members (excludes halogenated alkanes) is 1. The third kappa shape index (κ3) is 4.20. The van der Waals surface area contributed by atoms with Crippen LogP contribution in [0.25, 0.3) is 0 Å². The van der Waals surface area contributed by atoms with Crippen molar-refractivity contribution in [1.82, 2.24) is 14.9 Å². The van der Waals surface area contributed by atoms with Crippen LogP contribution in [0.1, 0.15) is 28.8 Å². The second-order valence-electron chi connectivity index (χ2n) is 4.73. The van der Waals surface area contributed by atoms with Crippen molar-refractivity contribution in [2.45, 2.75) is 26.3 Å². The van der Waals surface area contributed by atoms with Gasteiger partial charge in [0.25, 0.3) is 5.91 Å². The molecule has 0 radical (unpaired) electrons. The minimum absolute atomic E-state index is 0.0201. The first-order valence-electron chi connectivity index (χ1n) is 6.67. The number of benzene rings is 1. The Hall–Kier alpha value is -1.62. The van der Waals surface area contributed by atoms with Crippen LogP contribution in [-0.2, 0) is 6.54 Å². The van der Waals surface area contributed by atoms with Crippen LogP contribution < -0.4 is 5.32 Å². The van der Waals surface area contributed by atoms with E-state index >= 15 is 0 Å². The fourth-order valence-electron chi connectivity index (χ4n) is 1.88. The second-order valence-corrected chi connectivity index (χ2v) is 5.58. The predicted molar refractivity (Wildman–Crippen MR) is 82.7 cm³/mol. The summed E-state index contributed by atoms with van der Waals surface area (Å²) in [5.41, 5.74) is 1.82. The highest BCUT2D eigenvalue weighted by atomic mass is 79.9. The van der Waals surface area contributed by atoms with Crippen molar-refractivity contribution in [3.63, 3.8) is 0 Å². The molecule has 2 aromatic rings. The number of carbonyl (C=O) groups is 1. The summed E-state index contributed by atoms with van der Waals surface area (Å²) in [5.74, 6) is -0.0201. The first-order chi connectivity index (χ1) is 9.66. The minimum atomic E-state index is -0.0201. The number of amides is 1. The molecule has 20 heavy (non-hydrogen) atoms. The standard InChI is InChI=1S/C15H18BrN3O/c1-12-4-5-13(10-14(12)16)15(20)18-6-2-3-8-19-9-7-17-11-19/h4-5,7,9-11H,2-3,6,8H2,1H3,(H,18,20). The van der Waals surface area contributed by atoms with Gasteiger partial charge in [0.2, 0.25) is 0 Å². The Labute approximate surface area is 127 Å². The minimum Gasteiger partial charge on any atom is -0.352 e. The predicted octanol–water partition coefficient (Wildman–Crippen LogP) is 3.16. The van der Waals surface area contributed by atoms with Crippen LogP contribution in [0.5, 0.6) is 0 Å². The Morgan fingerprint density at radius 1 is 1.40 bits per heavy atom. The highest BCUT2D eigenvalue weighted by Gasteiger charge is 2.06. The van der Waals surface area contributed by atoms with E-state index in [0.29, 0.717) is 12.1 Å². The number of imidazole rings is 1.